The monoisotopic (exact) mass is 243 g/mol. The molecule has 0 unspecified atom stereocenters. The minimum absolute atomic E-state index is 0.139. The molecule has 1 rings (SSSR count). The molecule has 1 aromatic carbocycles. The second kappa shape index (κ2) is 4.95. The number of aliphatic hydroxyl groups excluding tert-OH is 1. The van der Waals surface area contributed by atoms with Crippen LogP contribution in [0.2, 0.25) is 0 Å². The molecule has 0 heterocycles. The van der Waals surface area contributed by atoms with E-state index in [0.717, 1.165) is 16.3 Å². The summed E-state index contributed by atoms with van der Waals surface area (Å²) in [5, 5.41) is 9.17. The summed E-state index contributed by atoms with van der Waals surface area (Å²) in [6.45, 7) is 1.83. The third-order valence-corrected chi connectivity index (χ3v) is 4.32. The first-order valence-electron chi connectivity index (χ1n) is 5.08. The molecule has 0 atom stereocenters. The van der Waals surface area contributed by atoms with E-state index >= 15 is 0 Å². The third kappa shape index (κ3) is 2.42. The van der Waals surface area contributed by atoms with Crippen molar-refractivity contribution in [2.45, 2.75) is 24.8 Å². The van der Waals surface area contributed by atoms with Crippen molar-refractivity contribution in [3.63, 3.8) is 0 Å². The largest absolute Gasteiger partial charge is 0.392 e. The molecule has 0 aliphatic rings. The van der Waals surface area contributed by atoms with Crippen LogP contribution >= 0.6 is 0 Å². The van der Waals surface area contributed by atoms with E-state index in [1.165, 1.54) is 20.2 Å². The van der Waals surface area contributed by atoms with Crippen molar-refractivity contribution in [1.82, 2.24) is 4.31 Å². The second-order valence-electron chi connectivity index (χ2n) is 3.73. The predicted molar refractivity (Wildman–Crippen MR) is 62.6 cm³/mol. The molecule has 1 N–H and O–H groups in total. The molecule has 0 saturated carbocycles. The van der Waals surface area contributed by atoms with Crippen molar-refractivity contribution >= 4 is 10.0 Å². The molecule has 0 bridgehead atoms. The fourth-order valence-electron chi connectivity index (χ4n) is 1.47. The summed E-state index contributed by atoms with van der Waals surface area (Å²) in [6.07, 6.45) is 0.776. The Balaban J connectivity index is 3.29. The normalized spacial score (nSPS) is 12.1. The average Bonchev–Trinajstić information content (AvgIpc) is 2.27. The molecule has 5 heteroatoms. The topological polar surface area (TPSA) is 57.6 Å². The van der Waals surface area contributed by atoms with Crippen LogP contribution in [0.3, 0.4) is 0 Å². The average molecular weight is 243 g/mol. The number of hydrogen-bond donors (Lipinski definition) is 1. The summed E-state index contributed by atoms with van der Waals surface area (Å²) in [6, 6.07) is 4.86. The lowest BCUT2D eigenvalue weighted by Crippen LogP contribution is -2.22. The third-order valence-electron chi connectivity index (χ3n) is 2.51. The molecule has 0 aliphatic heterocycles. The lowest BCUT2D eigenvalue weighted by atomic mass is 10.1. The number of sulfonamides is 1. The van der Waals surface area contributed by atoms with Gasteiger partial charge in [-0.3, -0.25) is 0 Å². The number of nitrogens with zero attached hydrogens (tertiary/aromatic N) is 1. The van der Waals surface area contributed by atoms with Gasteiger partial charge in [-0.2, -0.15) is 0 Å². The number of benzene rings is 1. The highest BCUT2D eigenvalue weighted by Crippen LogP contribution is 2.18. The van der Waals surface area contributed by atoms with Crippen LogP contribution in [-0.4, -0.2) is 31.9 Å². The Bertz CT molecular complexity index is 466. The lowest BCUT2D eigenvalue weighted by molar-refractivity contribution is 0.280. The fraction of sp³-hybridized carbons (Fsp3) is 0.455. The Kier molecular flexibility index (Phi) is 4.07. The van der Waals surface area contributed by atoms with Crippen molar-refractivity contribution in [3.05, 3.63) is 29.3 Å². The van der Waals surface area contributed by atoms with Gasteiger partial charge in [0, 0.05) is 14.1 Å². The Morgan fingerprint density at radius 3 is 2.31 bits per heavy atom. The van der Waals surface area contributed by atoms with Crippen molar-refractivity contribution in [2.75, 3.05) is 14.1 Å². The molecule has 0 radical (unpaired) electrons. The number of aliphatic hydroxyl groups is 1. The number of rotatable bonds is 4. The van der Waals surface area contributed by atoms with E-state index in [2.05, 4.69) is 0 Å². The predicted octanol–water partition coefficient (Wildman–Crippen LogP) is 0.992. The zero-order valence-corrected chi connectivity index (χ0v) is 10.6. The fourth-order valence-corrected chi connectivity index (χ4v) is 2.42. The van der Waals surface area contributed by atoms with Crippen LogP contribution in [0.25, 0.3) is 0 Å². The minimum atomic E-state index is -3.41. The van der Waals surface area contributed by atoms with Gasteiger partial charge in [-0.05, 0) is 29.7 Å². The maximum atomic E-state index is 11.8. The van der Waals surface area contributed by atoms with Crippen molar-refractivity contribution < 1.29 is 13.5 Å². The van der Waals surface area contributed by atoms with Crippen LogP contribution < -0.4 is 0 Å². The van der Waals surface area contributed by atoms with E-state index in [4.69, 9.17) is 5.11 Å². The van der Waals surface area contributed by atoms with Gasteiger partial charge in [0.1, 0.15) is 0 Å². The summed E-state index contributed by atoms with van der Waals surface area (Å²) in [7, 11) is -0.437. The smallest absolute Gasteiger partial charge is 0.242 e. The molecule has 1 aromatic rings. The summed E-state index contributed by atoms with van der Waals surface area (Å²) >= 11 is 0. The Morgan fingerprint density at radius 2 is 1.88 bits per heavy atom. The molecular weight excluding hydrogens is 226 g/mol. The molecule has 0 saturated heterocycles. The van der Waals surface area contributed by atoms with Crippen molar-refractivity contribution in [3.8, 4) is 0 Å². The Morgan fingerprint density at radius 1 is 1.25 bits per heavy atom. The van der Waals surface area contributed by atoms with Crippen LogP contribution in [0.15, 0.2) is 23.1 Å². The molecule has 0 aliphatic carbocycles. The highest BCUT2D eigenvalue weighted by Gasteiger charge is 2.18. The van der Waals surface area contributed by atoms with E-state index < -0.39 is 10.0 Å². The second-order valence-corrected chi connectivity index (χ2v) is 5.88. The first kappa shape index (κ1) is 13.2. The van der Waals surface area contributed by atoms with Crippen LogP contribution in [0.5, 0.6) is 0 Å². The summed E-state index contributed by atoms with van der Waals surface area (Å²) in [5.74, 6) is 0. The Labute approximate surface area is 96.6 Å². The van der Waals surface area contributed by atoms with Crippen LogP contribution in [0, 0.1) is 0 Å². The summed E-state index contributed by atoms with van der Waals surface area (Å²) in [4.78, 5) is 0.221. The molecule has 0 amide bonds. The maximum absolute atomic E-state index is 11.8. The quantitative estimate of drug-likeness (QED) is 0.858. The van der Waals surface area contributed by atoms with Crippen LogP contribution in [0.1, 0.15) is 18.1 Å². The summed E-state index contributed by atoms with van der Waals surface area (Å²) < 4.78 is 24.8. The minimum Gasteiger partial charge on any atom is -0.392 e. The molecule has 90 valence electrons. The molecule has 0 fully saturated rings. The van der Waals surface area contributed by atoms with Gasteiger partial charge in [0.2, 0.25) is 10.0 Å². The Hall–Kier alpha value is -0.910. The highest BCUT2D eigenvalue weighted by molar-refractivity contribution is 7.89. The van der Waals surface area contributed by atoms with Crippen molar-refractivity contribution in [2.24, 2.45) is 0 Å². The van der Waals surface area contributed by atoms with E-state index in [-0.39, 0.29) is 11.5 Å². The standard InChI is InChI=1S/C11H17NO3S/c1-4-9-5-6-11(7-10(9)8-13)16(14,15)12(2)3/h5-7,13H,4,8H2,1-3H3. The van der Waals surface area contributed by atoms with Gasteiger partial charge in [-0.25, -0.2) is 12.7 Å². The van der Waals surface area contributed by atoms with E-state index in [9.17, 15) is 8.42 Å². The molecular formula is C11H17NO3S. The van der Waals surface area contributed by atoms with Gasteiger partial charge in [-0.15, -0.1) is 0 Å². The van der Waals surface area contributed by atoms with Gasteiger partial charge < -0.3 is 5.11 Å². The molecule has 4 nitrogen and oxygen atoms in total. The zero-order chi connectivity index (χ0) is 12.3. The van der Waals surface area contributed by atoms with Gasteiger partial charge in [0.15, 0.2) is 0 Å². The molecule has 0 aromatic heterocycles. The van der Waals surface area contributed by atoms with Crippen molar-refractivity contribution in [1.29, 1.82) is 0 Å². The van der Waals surface area contributed by atoms with Gasteiger partial charge in [0.25, 0.3) is 0 Å². The lowest BCUT2D eigenvalue weighted by Gasteiger charge is -2.13. The first-order chi connectivity index (χ1) is 7.43. The van der Waals surface area contributed by atoms with Crippen LogP contribution in [0.4, 0.5) is 0 Å². The molecule has 0 spiro atoms. The van der Waals surface area contributed by atoms with Gasteiger partial charge >= 0.3 is 0 Å². The van der Waals surface area contributed by atoms with E-state index in [0.29, 0.717) is 5.56 Å². The van der Waals surface area contributed by atoms with Gasteiger partial charge in [0.05, 0.1) is 11.5 Å². The van der Waals surface area contributed by atoms with E-state index in [1.807, 2.05) is 6.92 Å². The zero-order valence-electron chi connectivity index (χ0n) is 9.77. The first-order valence-corrected chi connectivity index (χ1v) is 6.52. The number of aryl methyl sites for hydroxylation is 1. The van der Waals surface area contributed by atoms with Gasteiger partial charge in [-0.1, -0.05) is 13.0 Å². The van der Waals surface area contributed by atoms with Crippen LogP contribution in [-0.2, 0) is 23.1 Å². The SMILES string of the molecule is CCc1ccc(S(=O)(=O)N(C)C)cc1CO. The maximum Gasteiger partial charge on any atom is 0.242 e. The number of hydrogen-bond acceptors (Lipinski definition) is 3. The summed E-state index contributed by atoms with van der Waals surface area (Å²) in [5.41, 5.74) is 1.64. The van der Waals surface area contributed by atoms with E-state index in [1.54, 1.807) is 12.1 Å². The highest BCUT2D eigenvalue weighted by atomic mass is 32.2. The molecule has 16 heavy (non-hydrogen) atoms.